The van der Waals surface area contributed by atoms with Crippen molar-refractivity contribution in [2.75, 3.05) is 5.32 Å². The van der Waals surface area contributed by atoms with Gasteiger partial charge in [-0.25, -0.2) is 0 Å². The van der Waals surface area contributed by atoms with Crippen molar-refractivity contribution < 1.29 is 9.59 Å². The van der Waals surface area contributed by atoms with E-state index in [-0.39, 0.29) is 17.7 Å². The molecular weight excluding hydrogens is 312 g/mol. The summed E-state index contributed by atoms with van der Waals surface area (Å²) in [4.78, 5) is 25.1. The largest absolute Gasteiger partial charge is 0.340 e. The van der Waals surface area contributed by atoms with Crippen LogP contribution in [0.1, 0.15) is 42.3 Å². The number of nitrogens with one attached hydrogen (secondary N) is 2. The van der Waals surface area contributed by atoms with Crippen LogP contribution < -0.4 is 10.6 Å². The van der Waals surface area contributed by atoms with Crippen LogP contribution in [-0.4, -0.2) is 17.9 Å². The minimum atomic E-state index is -0.599. The van der Waals surface area contributed by atoms with Crippen LogP contribution in [0.4, 0.5) is 5.69 Å². The molecule has 0 bridgehead atoms. The number of benzene rings is 2. The molecule has 0 saturated carbocycles. The van der Waals surface area contributed by atoms with Crippen LogP contribution in [0.25, 0.3) is 0 Å². The van der Waals surface area contributed by atoms with Gasteiger partial charge in [0.1, 0.15) is 6.04 Å². The number of hydrogen-bond acceptors (Lipinski definition) is 2. The third-order valence-electron chi connectivity index (χ3n) is 4.12. The summed E-state index contributed by atoms with van der Waals surface area (Å²) < 4.78 is 0. The summed E-state index contributed by atoms with van der Waals surface area (Å²) in [5, 5.41) is 5.77. The third kappa shape index (κ3) is 5.18. The van der Waals surface area contributed by atoms with E-state index in [0.717, 1.165) is 23.2 Å². The second-order valence-electron chi connectivity index (χ2n) is 6.61. The molecule has 0 aliphatic rings. The summed E-state index contributed by atoms with van der Waals surface area (Å²) in [6, 6.07) is 14.5. The Morgan fingerprint density at radius 2 is 1.76 bits per heavy atom. The molecule has 25 heavy (non-hydrogen) atoms. The molecule has 2 N–H and O–H groups in total. The maximum Gasteiger partial charge on any atom is 0.251 e. The Bertz CT molecular complexity index is 753. The van der Waals surface area contributed by atoms with Crippen LogP contribution in [0, 0.1) is 12.8 Å². The summed E-state index contributed by atoms with van der Waals surface area (Å²) in [5.74, 6) is -0.466. The normalized spacial score (nSPS) is 11.9. The SMILES string of the molecule is CCc1cccc(NC(=O)[C@@H](NC(=O)c2cccc(C)c2)C(C)C)c1. The number of carbonyl (C=O) groups is 2. The molecule has 0 heterocycles. The number of aryl methyl sites for hydroxylation is 2. The molecule has 1 atom stereocenters. The second kappa shape index (κ2) is 8.47. The minimum absolute atomic E-state index is 0.0249. The van der Waals surface area contributed by atoms with Crippen LogP contribution >= 0.6 is 0 Å². The van der Waals surface area contributed by atoms with Crippen molar-refractivity contribution in [3.05, 3.63) is 65.2 Å². The predicted octanol–water partition coefficient (Wildman–Crippen LogP) is 3.95. The molecular formula is C21H26N2O2. The van der Waals surface area contributed by atoms with Gasteiger partial charge in [0.05, 0.1) is 0 Å². The molecule has 4 heteroatoms. The highest BCUT2D eigenvalue weighted by atomic mass is 16.2. The summed E-state index contributed by atoms with van der Waals surface area (Å²) >= 11 is 0. The summed E-state index contributed by atoms with van der Waals surface area (Å²) in [5.41, 5.74) is 3.48. The van der Waals surface area contributed by atoms with Crippen LogP contribution in [0.5, 0.6) is 0 Å². The Morgan fingerprint density at radius 1 is 1.04 bits per heavy atom. The third-order valence-corrected chi connectivity index (χ3v) is 4.12. The first kappa shape index (κ1) is 18.7. The molecule has 0 radical (unpaired) electrons. The van der Waals surface area contributed by atoms with E-state index in [4.69, 9.17) is 0 Å². The number of anilines is 1. The van der Waals surface area contributed by atoms with Crippen molar-refractivity contribution >= 4 is 17.5 Å². The molecule has 0 saturated heterocycles. The molecule has 0 unspecified atom stereocenters. The topological polar surface area (TPSA) is 58.2 Å². The highest BCUT2D eigenvalue weighted by molar-refractivity contribution is 6.01. The van der Waals surface area contributed by atoms with Crippen molar-refractivity contribution in [1.29, 1.82) is 0 Å². The fourth-order valence-electron chi connectivity index (χ4n) is 2.63. The molecule has 0 aliphatic heterocycles. The lowest BCUT2D eigenvalue weighted by Crippen LogP contribution is -2.47. The van der Waals surface area contributed by atoms with Gasteiger partial charge < -0.3 is 10.6 Å². The van der Waals surface area contributed by atoms with Crippen molar-refractivity contribution in [3.8, 4) is 0 Å². The highest BCUT2D eigenvalue weighted by Gasteiger charge is 2.24. The molecule has 4 nitrogen and oxygen atoms in total. The number of carbonyl (C=O) groups excluding carboxylic acids is 2. The van der Waals surface area contributed by atoms with Crippen molar-refractivity contribution in [3.63, 3.8) is 0 Å². The average Bonchev–Trinajstić information content (AvgIpc) is 2.59. The van der Waals surface area contributed by atoms with Gasteiger partial charge in [-0.05, 0) is 49.1 Å². The van der Waals surface area contributed by atoms with E-state index < -0.39 is 6.04 Å². The molecule has 0 aliphatic carbocycles. The molecule has 2 amide bonds. The highest BCUT2D eigenvalue weighted by Crippen LogP contribution is 2.14. The van der Waals surface area contributed by atoms with Crippen LogP contribution in [0.2, 0.25) is 0 Å². The van der Waals surface area contributed by atoms with Gasteiger partial charge in [-0.15, -0.1) is 0 Å². The first-order valence-corrected chi connectivity index (χ1v) is 8.68. The first-order chi connectivity index (χ1) is 11.9. The van der Waals surface area contributed by atoms with Crippen molar-refractivity contribution in [1.82, 2.24) is 5.32 Å². The van der Waals surface area contributed by atoms with Crippen LogP contribution in [0.15, 0.2) is 48.5 Å². The van der Waals surface area contributed by atoms with E-state index in [2.05, 4.69) is 17.6 Å². The molecule has 0 fully saturated rings. The Morgan fingerprint density at radius 3 is 2.40 bits per heavy atom. The van der Waals surface area contributed by atoms with Gasteiger partial charge in [-0.1, -0.05) is 50.6 Å². The summed E-state index contributed by atoms with van der Waals surface area (Å²) in [7, 11) is 0. The zero-order chi connectivity index (χ0) is 18.4. The first-order valence-electron chi connectivity index (χ1n) is 8.68. The van der Waals surface area contributed by atoms with Crippen LogP contribution in [0.3, 0.4) is 0 Å². The van der Waals surface area contributed by atoms with E-state index in [1.165, 1.54) is 0 Å². The fraction of sp³-hybridized carbons (Fsp3) is 0.333. The van der Waals surface area contributed by atoms with E-state index in [9.17, 15) is 9.59 Å². The molecule has 2 aromatic rings. The van der Waals surface area contributed by atoms with E-state index in [1.807, 2.05) is 63.2 Å². The maximum atomic E-state index is 12.7. The second-order valence-corrected chi connectivity index (χ2v) is 6.61. The lowest BCUT2D eigenvalue weighted by atomic mass is 10.0. The van der Waals surface area contributed by atoms with Gasteiger partial charge in [0, 0.05) is 11.3 Å². The smallest absolute Gasteiger partial charge is 0.251 e. The molecule has 132 valence electrons. The number of rotatable bonds is 6. The lowest BCUT2D eigenvalue weighted by molar-refractivity contribution is -0.118. The zero-order valence-corrected chi connectivity index (χ0v) is 15.3. The number of hydrogen-bond donors (Lipinski definition) is 2. The molecule has 2 aromatic carbocycles. The van der Waals surface area contributed by atoms with Crippen molar-refractivity contribution in [2.45, 2.75) is 40.2 Å². The van der Waals surface area contributed by atoms with Gasteiger partial charge in [-0.3, -0.25) is 9.59 Å². The molecule has 0 spiro atoms. The van der Waals surface area contributed by atoms with Gasteiger partial charge in [0.2, 0.25) is 5.91 Å². The van der Waals surface area contributed by atoms with Gasteiger partial charge >= 0.3 is 0 Å². The minimum Gasteiger partial charge on any atom is -0.340 e. The standard InChI is InChI=1S/C21H26N2O2/c1-5-16-9-7-11-18(13-16)22-21(25)19(14(2)3)23-20(24)17-10-6-8-15(4)12-17/h6-14,19H,5H2,1-4H3,(H,22,25)(H,23,24)/t19-/m0/s1. The molecule has 2 rings (SSSR count). The maximum absolute atomic E-state index is 12.7. The van der Waals surface area contributed by atoms with Gasteiger partial charge in [0.15, 0.2) is 0 Å². The monoisotopic (exact) mass is 338 g/mol. The van der Waals surface area contributed by atoms with Crippen LogP contribution in [-0.2, 0) is 11.2 Å². The average molecular weight is 338 g/mol. The van der Waals surface area contributed by atoms with Crippen molar-refractivity contribution in [2.24, 2.45) is 5.92 Å². The molecule has 0 aromatic heterocycles. The summed E-state index contributed by atoms with van der Waals surface area (Å²) in [6.07, 6.45) is 0.904. The fourth-order valence-corrected chi connectivity index (χ4v) is 2.63. The van der Waals surface area contributed by atoms with E-state index >= 15 is 0 Å². The predicted molar refractivity (Wildman–Crippen MR) is 102 cm³/mol. The van der Waals surface area contributed by atoms with Gasteiger partial charge in [-0.2, -0.15) is 0 Å². The quantitative estimate of drug-likeness (QED) is 0.838. The van der Waals surface area contributed by atoms with E-state index in [1.54, 1.807) is 6.07 Å². The lowest BCUT2D eigenvalue weighted by Gasteiger charge is -2.22. The van der Waals surface area contributed by atoms with Gasteiger partial charge in [0.25, 0.3) is 5.91 Å². The Hall–Kier alpha value is -2.62. The Labute approximate surface area is 149 Å². The zero-order valence-electron chi connectivity index (χ0n) is 15.3. The van der Waals surface area contributed by atoms with E-state index in [0.29, 0.717) is 5.56 Å². The Kier molecular flexibility index (Phi) is 6.34. The number of amides is 2. The Balaban J connectivity index is 2.11. The summed E-state index contributed by atoms with van der Waals surface area (Å²) in [6.45, 7) is 7.84.